The molecule has 1 aliphatic carbocycles. The van der Waals surface area contributed by atoms with Gasteiger partial charge in [0.1, 0.15) is 6.10 Å². The molecule has 3 saturated heterocycles. The van der Waals surface area contributed by atoms with E-state index in [1.807, 2.05) is 0 Å². The maximum atomic E-state index is 12.5. The smallest absolute Gasteiger partial charge is 0.251 e. The molecule has 3 aliphatic heterocycles. The monoisotopic (exact) mass is 371 g/mol. The van der Waals surface area contributed by atoms with Gasteiger partial charge in [0.15, 0.2) is 0 Å². The van der Waals surface area contributed by atoms with Crippen LogP contribution in [0.1, 0.15) is 25.7 Å². The Morgan fingerprint density at radius 2 is 1.48 bits per heavy atom. The molecule has 2 amide bonds. The van der Waals surface area contributed by atoms with Gasteiger partial charge in [0.2, 0.25) is 15.9 Å². The Hall–Kier alpha value is -1.19. The van der Waals surface area contributed by atoms with Gasteiger partial charge in [0.05, 0.1) is 11.2 Å². The molecular formula is C16H25N3O5S. The van der Waals surface area contributed by atoms with Crippen molar-refractivity contribution in [3.63, 3.8) is 0 Å². The summed E-state index contributed by atoms with van der Waals surface area (Å²) in [6, 6.07) is 0. The Morgan fingerprint density at radius 3 is 2.00 bits per heavy atom. The van der Waals surface area contributed by atoms with Gasteiger partial charge in [-0.05, 0) is 25.7 Å². The highest BCUT2D eigenvalue weighted by Gasteiger charge is 2.48. The van der Waals surface area contributed by atoms with Gasteiger partial charge in [-0.15, -0.1) is 0 Å². The Labute approximate surface area is 148 Å². The Morgan fingerprint density at radius 1 is 0.880 bits per heavy atom. The average Bonchev–Trinajstić information content (AvgIpc) is 3.29. The summed E-state index contributed by atoms with van der Waals surface area (Å²) in [5.74, 6) is -0.171. The van der Waals surface area contributed by atoms with Gasteiger partial charge in [0.25, 0.3) is 5.91 Å². The molecule has 4 rings (SSSR count). The van der Waals surface area contributed by atoms with Gasteiger partial charge in [0, 0.05) is 45.9 Å². The summed E-state index contributed by atoms with van der Waals surface area (Å²) in [5, 5.41) is -0.212. The van der Waals surface area contributed by atoms with E-state index in [0.717, 1.165) is 25.7 Å². The predicted molar refractivity (Wildman–Crippen MR) is 89.1 cm³/mol. The van der Waals surface area contributed by atoms with Crippen LogP contribution in [0.2, 0.25) is 0 Å². The molecule has 0 radical (unpaired) electrons. The summed E-state index contributed by atoms with van der Waals surface area (Å²) in [5.41, 5.74) is 0. The number of carbonyl (C=O) groups is 2. The van der Waals surface area contributed by atoms with Crippen molar-refractivity contribution in [2.75, 3.05) is 45.9 Å². The van der Waals surface area contributed by atoms with Crippen molar-refractivity contribution in [1.82, 2.24) is 14.1 Å². The Balaban J connectivity index is 1.24. The summed E-state index contributed by atoms with van der Waals surface area (Å²) in [6.07, 6.45) is 2.90. The van der Waals surface area contributed by atoms with Crippen LogP contribution >= 0.6 is 0 Å². The highest BCUT2D eigenvalue weighted by Crippen LogP contribution is 2.34. The second-order valence-electron chi connectivity index (χ2n) is 7.41. The third-order valence-corrected chi connectivity index (χ3v) is 7.94. The molecule has 0 N–H and O–H groups in total. The number of rotatable bonds is 4. The number of hydrogen-bond acceptors (Lipinski definition) is 5. The number of carbonyl (C=O) groups excluding carboxylic acids is 2. The average molecular weight is 371 g/mol. The maximum absolute atomic E-state index is 12.5. The van der Waals surface area contributed by atoms with Crippen LogP contribution in [-0.2, 0) is 24.3 Å². The number of nitrogens with zero attached hydrogens (tertiary/aromatic N) is 3. The van der Waals surface area contributed by atoms with Gasteiger partial charge in [-0.1, -0.05) is 0 Å². The Kier molecular flexibility index (Phi) is 4.49. The molecule has 3 heterocycles. The molecule has 1 saturated carbocycles. The summed E-state index contributed by atoms with van der Waals surface area (Å²) in [7, 11) is -3.16. The fraction of sp³-hybridized carbons (Fsp3) is 0.875. The lowest BCUT2D eigenvalue weighted by Crippen LogP contribution is -2.60. The highest BCUT2D eigenvalue weighted by atomic mass is 32.2. The first-order valence-corrected chi connectivity index (χ1v) is 10.7. The summed E-state index contributed by atoms with van der Waals surface area (Å²) in [4.78, 5) is 28.4. The quantitative estimate of drug-likeness (QED) is 0.650. The van der Waals surface area contributed by atoms with Crippen molar-refractivity contribution in [2.45, 2.75) is 37.0 Å². The van der Waals surface area contributed by atoms with E-state index in [9.17, 15) is 18.0 Å². The number of piperazine rings is 1. The van der Waals surface area contributed by atoms with Crippen LogP contribution in [0, 0.1) is 5.92 Å². The van der Waals surface area contributed by atoms with Crippen molar-refractivity contribution >= 4 is 21.8 Å². The molecular weight excluding hydrogens is 346 g/mol. The van der Waals surface area contributed by atoms with E-state index in [4.69, 9.17) is 4.74 Å². The zero-order valence-corrected chi connectivity index (χ0v) is 15.1. The van der Waals surface area contributed by atoms with Crippen LogP contribution in [0.25, 0.3) is 0 Å². The summed E-state index contributed by atoms with van der Waals surface area (Å²) >= 11 is 0. The van der Waals surface area contributed by atoms with Crippen LogP contribution in [0.15, 0.2) is 0 Å². The number of ether oxygens (including phenoxy) is 1. The zero-order valence-electron chi connectivity index (χ0n) is 14.3. The van der Waals surface area contributed by atoms with Gasteiger partial charge in [-0.2, -0.15) is 4.31 Å². The van der Waals surface area contributed by atoms with Crippen molar-refractivity contribution in [1.29, 1.82) is 0 Å². The molecule has 9 heteroatoms. The minimum absolute atomic E-state index is 0.0199. The maximum Gasteiger partial charge on any atom is 0.251 e. The third kappa shape index (κ3) is 3.29. The van der Waals surface area contributed by atoms with E-state index < -0.39 is 10.0 Å². The third-order valence-electron chi connectivity index (χ3n) is 5.61. The fourth-order valence-electron chi connectivity index (χ4n) is 3.76. The number of amides is 2. The molecule has 0 aromatic heterocycles. The molecule has 8 nitrogen and oxygen atoms in total. The molecule has 0 spiro atoms. The van der Waals surface area contributed by atoms with Crippen LogP contribution < -0.4 is 0 Å². The molecule has 0 aromatic rings. The van der Waals surface area contributed by atoms with E-state index in [-0.39, 0.29) is 29.1 Å². The standard InChI is InChI=1S/C16H25N3O5S/c20-15(12-10-19(11-12)25(22,23)13-3-4-13)17-5-7-18(8-6-17)16(21)14-2-1-9-24-14/h12-14H,1-11H2/t14-/m1/s1. The lowest BCUT2D eigenvalue weighted by Gasteiger charge is -2.42. The Bertz CT molecular complexity index is 643. The van der Waals surface area contributed by atoms with Crippen molar-refractivity contribution in [3.05, 3.63) is 0 Å². The van der Waals surface area contributed by atoms with Crippen molar-refractivity contribution in [3.8, 4) is 0 Å². The molecule has 0 bridgehead atoms. The van der Waals surface area contributed by atoms with E-state index >= 15 is 0 Å². The minimum atomic E-state index is -3.16. The van der Waals surface area contributed by atoms with Gasteiger partial charge >= 0.3 is 0 Å². The van der Waals surface area contributed by atoms with Gasteiger partial charge in [-0.25, -0.2) is 8.42 Å². The summed E-state index contributed by atoms with van der Waals surface area (Å²) in [6.45, 7) is 3.37. The number of hydrogen-bond donors (Lipinski definition) is 0. The molecule has 25 heavy (non-hydrogen) atoms. The van der Waals surface area contributed by atoms with E-state index in [1.165, 1.54) is 4.31 Å². The minimum Gasteiger partial charge on any atom is -0.368 e. The van der Waals surface area contributed by atoms with Crippen LogP contribution in [0.4, 0.5) is 0 Å². The largest absolute Gasteiger partial charge is 0.368 e. The van der Waals surface area contributed by atoms with Crippen LogP contribution in [-0.4, -0.2) is 91.6 Å². The molecule has 140 valence electrons. The topological polar surface area (TPSA) is 87.2 Å². The summed E-state index contributed by atoms with van der Waals surface area (Å²) < 4.78 is 31.1. The fourth-order valence-corrected chi connectivity index (χ4v) is 5.69. The first-order chi connectivity index (χ1) is 12.0. The van der Waals surface area contributed by atoms with Gasteiger partial charge in [-0.3, -0.25) is 9.59 Å². The first-order valence-electron chi connectivity index (χ1n) is 9.15. The molecule has 0 unspecified atom stereocenters. The zero-order chi connectivity index (χ0) is 17.6. The SMILES string of the molecule is O=C(C1CN(S(=O)(=O)C2CC2)C1)N1CCN(C(=O)[C@H]2CCCO2)CC1. The lowest BCUT2D eigenvalue weighted by molar-refractivity contribution is -0.148. The van der Waals surface area contributed by atoms with Gasteiger partial charge < -0.3 is 14.5 Å². The van der Waals surface area contributed by atoms with E-state index in [2.05, 4.69) is 0 Å². The van der Waals surface area contributed by atoms with Crippen molar-refractivity contribution in [2.24, 2.45) is 5.92 Å². The highest BCUT2D eigenvalue weighted by molar-refractivity contribution is 7.90. The predicted octanol–water partition coefficient (Wildman–Crippen LogP) is -0.740. The van der Waals surface area contributed by atoms with E-state index in [1.54, 1.807) is 9.80 Å². The lowest BCUT2D eigenvalue weighted by atomic mass is 10.0. The second-order valence-corrected chi connectivity index (χ2v) is 9.62. The molecule has 1 atom stereocenters. The molecule has 4 fully saturated rings. The molecule has 0 aromatic carbocycles. The normalized spacial score (nSPS) is 28.9. The van der Waals surface area contributed by atoms with Crippen LogP contribution in [0.3, 0.4) is 0 Å². The number of sulfonamides is 1. The first kappa shape index (κ1) is 17.2. The second kappa shape index (κ2) is 6.51. The molecule has 4 aliphatic rings. The van der Waals surface area contributed by atoms with Crippen molar-refractivity contribution < 1.29 is 22.7 Å². The van der Waals surface area contributed by atoms with Crippen LogP contribution in [0.5, 0.6) is 0 Å². The van der Waals surface area contributed by atoms with E-state index in [0.29, 0.717) is 45.9 Å².